The van der Waals surface area contributed by atoms with Crippen molar-refractivity contribution < 1.29 is 134 Å². The Morgan fingerprint density at radius 3 is 1.97 bits per heavy atom. The van der Waals surface area contributed by atoms with E-state index >= 15 is 0 Å². The van der Waals surface area contributed by atoms with Crippen LogP contribution in [0.2, 0.25) is 0 Å². The lowest BCUT2D eigenvalue weighted by atomic mass is 9.81. The lowest BCUT2D eigenvalue weighted by Gasteiger charge is -2.41. The Labute approximate surface area is 687 Å². The van der Waals surface area contributed by atoms with Crippen LogP contribution in [0.15, 0.2) is 90.3 Å². The number of phenols is 1. The minimum absolute atomic E-state index is 0.00391. The number of esters is 2. The molecule has 0 spiro atoms. The zero-order valence-electron chi connectivity index (χ0n) is 67.4. The van der Waals surface area contributed by atoms with Gasteiger partial charge in [-0.2, -0.15) is 8.42 Å². The standard InChI is InChI=1S/C79H107N11O28S/c1-9-53-55-40-52(91)14-16-59(55)86-66-56(53)43-90-48(6)57-44-115-78(103)79(10-2,58(57)41-61(66)90)118-76(102)54-15-13-50(39-62(54)116-77-69(96)67(94)68(95)70(117-77)75(100)101)84-72(97)47(5)83-74(99)65(46(3)4)87-64(93)18-22-107-24-26-109-28-30-111-32-34-113-36-37-114-35-33-112-31-29-110-27-25-108-23-20-82-73(98)60(45-119(104,105)106)85-63(92)17-21-89-51(42-88(8)80-7)38-49-12-11-19-81-71(49)89/h11-16,19,38-41,46-47,60,65,67-70,77,80,91,94-96H,6,9-10,17-18,20-37,42-45H2,1-5,7-8H3,(H,82,98)(H,83,99)(H,84,97)(H,85,92)(H,87,93)(H,100,101)(H,104,105,106)/t47-,60-,65-,67-,68-,69+,70-,77+,79-/m0/s1. The zero-order chi connectivity index (χ0) is 86.1. The van der Waals surface area contributed by atoms with Gasteiger partial charge in [-0.05, 0) is 92.9 Å². The van der Waals surface area contributed by atoms with E-state index in [9.17, 15) is 76.9 Å². The summed E-state index contributed by atoms with van der Waals surface area (Å²) < 4.78 is 102. The number of aryl methyl sites for hydroxylation is 2. The number of hydrazine groups is 1. The number of pyridine rings is 2. The maximum atomic E-state index is 14.8. The summed E-state index contributed by atoms with van der Waals surface area (Å²) in [6, 6.07) is 10.1. The number of nitrogens with one attached hydrogen (secondary N) is 6. The van der Waals surface area contributed by atoms with Crippen molar-refractivity contribution in [2.45, 2.75) is 134 Å². The molecular weight excluding hydrogens is 1580 g/mol. The normalized spacial score (nSPS) is 19.2. The largest absolute Gasteiger partial charge is 0.508 e. The van der Waals surface area contributed by atoms with Crippen LogP contribution in [0.4, 0.5) is 5.69 Å². The number of rotatable bonds is 50. The first-order valence-electron chi connectivity index (χ1n) is 39.0. The molecule has 0 unspecified atom stereocenters. The van der Waals surface area contributed by atoms with Gasteiger partial charge in [0.25, 0.3) is 10.1 Å². The van der Waals surface area contributed by atoms with Crippen LogP contribution in [-0.4, -0.2) is 304 Å². The topological polar surface area (TPSA) is 512 Å². The van der Waals surface area contributed by atoms with E-state index in [1.165, 1.54) is 19.1 Å². The average molecular weight is 1690 g/mol. The summed E-state index contributed by atoms with van der Waals surface area (Å²) in [6.07, 6.45) is -7.06. The van der Waals surface area contributed by atoms with Crippen LogP contribution in [0.3, 0.4) is 0 Å². The molecule has 652 valence electrons. The molecule has 5 aromatic rings. The number of fused-ring (bicyclic) bond motifs is 5. The van der Waals surface area contributed by atoms with Crippen molar-refractivity contribution >= 4 is 90.9 Å². The summed E-state index contributed by atoms with van der Waals surface area (Å²) in [5.41, 5.74) is 6.56. The van der Waals surface area contributed by atoms with E-state index in [4.69, 9.17) is 61.8 Å². The number of aromatic nitrogens is 3. The maximum absolute atomic E-state index is 14.8. The lowest BCUT2D eigenvalue weighted by Crippen LogP contribution is -2.61. The number of ether oxygens (including phenoxy) is 12. The Bertz CT molecular complexity index is 4580. The van der Waals surface area contributed by atoms with Gasteiger partial charge in [0.05, 0.1) is 136 Å². The number of anilines is 1. The number of nitrogens with zero attached hydrogens (tertiary/aromatic N) is 5. The van der Waals surface area contributed by atoms with E-state index in [-0.39, 0.29) is 115 Å². The molecule has 1 saturated heterocycles. The minimum atomic E-state index is -4.63. The smallest absolute Gasteiger partial charge is 0.355 e. The highest BCUT2D eigenvalue weighted by Crippen LogP contribution is 2.49. The second-order valence-electron chi connectivity index (χ2n) is 28.5. The van der Waals surface area contributed by atoms with Crippen molar-refractivity contribution in [3.8, 4) is 11.5 Å². The highest BCUT2D eigenvalue weighted by molar-refractivity contribution is 7.85. The number of hydrogen-bond donors (Lipinski definition) is 12. The second-order valence-corrected chi connectivity index (χ2v) is 30.0. The molecule has 7 heterocycles. The molecule has 9 atom stereocenters. The van der Waals surface area contributed by atoms with Crippen molar-refractivity contribution in [2.75, 3.05) is 144 Å². The highest BCUT2D eigenvalue weighted by Gasteiger charge is 2.54. The van der Waals surface area contributed by atoms with Crippen molar-refractivity contribution in [3.63, 3.8) is 0 Å². The Hall–Kier alpha value is -9.73. The van der Waals surface area contributed by atoms with E-state index in [2.05, 4.69) is 43.6 Å². The molecule has 39 nitrogen and oxygen atoms in total. The van der Waals surface area contributed by atoms with E-state index < -0.39 is 135 Å². The van der Waals surface area contributed by atoms with Gasteiger partial charge in [-0.25, -0.2) is 29.4 Å². The molecule has 119 heavy (non-hydrogen) atoms. The first-order chi connectivity index (χ1) is 57.0. The summed E-state index contributed by atoms with van der Waals surface area (Å²) in [5, 5.41) is 68.8. The molecule has 0 aliphatic carbocycles. The quantitative estimate of drug-likeness (QED) is 0.0111. The van der Waals surface area contributed by atoms with Gasteiger partial charge < -0.3 is 118 Å². The molecule has 5 amide bonds. The SMILES string of the molecule is C=C1C2=C(C=C3c4nc5ccc(O)cc5c(CC)c4CN13)[C@](CC)(OC(=O)c1ccc(NC(=O)[C@H](C)NC(=O)[C@@H](NC(=O)CCOCCOCCOCCOCCOCCOCCOCCOCCNC(=O)[C@H](CS(=O)(=O)O)NC(=O)CCn3c(CN(C)NC)cc4cccnc43)C(C)C)cc1O[C@@H]1O[C@H](C(=O)O)[C@@H](O)[C@H](O)[C@H]1O)C(=O)OC2. The fourth-order valence-corrected chi connectivity index (χ4v) is 14.1. The number of amides is 5. The molecule has 0 saturated carbocycles. The molecule has 0 radical (unpaired) electrons. The van der Waals surface area contributed by atoms with E-state index in [1.54, 1.807) is 58.3 Å². The van der Waals surface area contributed by atoms with Gasteiger partial charge in [-0.15, -0.1) is 0 Å². The van der Waals surface area contributed by atoms with Gasteiger partial charge in [0.1, 0.15) is 71.5 Å². The van der Waals surface area contributed by atoms with E-state index in [0.29, 0.717) is 99.6 Å². The Morgan fingerprint density at radius 2 is 1.38 bits per heavy atom. The van der Waals surface area contributed by atoms with Crippen LogP contribution < -0.4 is 36.7 Å². The monoisotopic (exact) mass is 1690 g/mol. The summed E-state index contributed by atoms with van der Waals surface area (Å²) >= 11 is 0. The first kappa shape index (κ1) is 93.1. The Balaban J connectivity index is 0.616. The average Bonchev–Trinajstić information content (AvgIpc) is 1.61. The predicted molar refractivity (Wildman–Crippen MR) is 424 cm³/mol. The summed E-state index contributed by atoms with van der Waals surface area (Å²) in [4.78, 5) is 119. The number of carbonyl (C=O) groups is 8. The maximum Gasteiger partial charge on any atom is 0.355 e. The van der Waals surface area contributed by atoms with Gasteiger partial charge in [0.15, 0.2) is 6.10 Å². The van der Waals surface area contributed by atoms with Crippen molar-refractivity contribution in [3.05, 3.63) is 118 Å². The van der Waals surface area contributed by atoms with Crippen LogP contribution in [0.25, 0.3) is 27.6 Å². The number of carboxylic acids is 1. The molecule has 3 aromatic heterocycles. The van der Waals surface area contributed by atoms with Gasteiger partial charge in [-0.1, -0.05) is 34.3 Å². The number of phenolic OH excluding ortho intramolecular Hbond substituents is 1. The number of benzene rings is 2. The highest BCUT2D eigenvalue weighted by atomic mass is 32.2. The number of carboxylic acid groups (broad SMARTS) is 1. The predicted octanol–water partition coefficient (Wildman–Crippen LogP) is 0.919. The molecule has 9 rings (SSSR count). The third kappa shape index (κ3) is 25.2. The first-order valence-corrected chi connectivity index (χ1v) is 40.7. The van der Waals surface area contributed by atoms with Gasteiger partial charge >= 0.3 is 17.9 Å². The Morgan fingerprint density at radius 1 is 0.756 bits per heavy atom. The molecule has 12 N–H and O–H groups in total. The fraction of sp³-hybridized carbons (Fsp3) is 0.544. The molecule has 0 bridgehead atoms. The number of aliphatic hydroxyl groups excluding tert-OH is 3. The lowest BCUT2D eigenvalue weighted by molar-refractivity contribution is -0.271. The van der Waals surface area contributed by atoms with E-state index in [0.717, 1.165) is 39.7 Å². The van der Waals surface area contributed by atoms with Crippen LogP contribution in [0.1, 0.15) is 86.8 Å². The van der Waals surface area contributed by atoms with Crippen LogP contribution in [0, 0.1) is 5.92 Å². The van der Waals surface area contributed by atoms with Crippen molar-refractivity contribution in [1.29, 1.82) is 0 Å². The number of carbonyl (C=O) groups excluding carboxylic acids is 7. The second kappa shape index (κ2) is 44.5. The molecular formula is C79H107N11O28S. The molecule has 40 heteroatoms. The van der Waals surface area contributed by atoms with Crippen LogP contribution in [0.5, 0.6) is 11.5 Å². The van der Waals surface area contributed by atoms with E-state index in [1.807, 2.05) is 40.6 Å². The van der Waals surface area contributed by atoms with Crippen LogP contribution >= 0.6 is 0 Å². The van der Waals surface area contributed by atoms with Crippen molar-refractivity contribution in [1.82, 2.24) is 51.1 Å². The van der Waals surface area contributed by atoms with Gasteiger partial charge in [0.2, 0.25) is 41.4 Å². The summed E-state index contributed by atoms with van der Waals surface area (Å²) in [5.74, 6) is -9.29. The molecule has 2 aromatic carbocycles. The molecule has 4 aliphatic heterocycles. The zero-order valence-corrected chi connectivity index (χ0v) is 68.3. The third-order valence-electron chi connectivity index (χ3n) is 19.8. The summed E-state index contributed by atoms with van der Waals surface area (Å²) in [7, 11) is -1.000. The fourth-order valence-electron chi connectivity index (χ4n) is 13.5. The number of cyclic esters (lactones) is 1. The van der Waals surface area contributed by atoms with Gasteiger partial charge in [0, 0.05) is 89.8 Å². The number of aromatic hydroxyl groups is 1. The minimum Gasteiger partial charge on any atom is -0.508 e. The van der Waals surface area contributed by atoms with Crippen molar-refractivity contribution in [2.24, 2.45) is 5.92 Å². The van der Waals surface area contributed by atoms with Gasteiger partial charge in [-0.3, -0.25) is 34.0 Å². The number of aliphatic hydroxyl groups is 3. The summed E-state index contributed by atoms with van der Waals surface area (Å²) in [6.45, 7) is 17.5. The molecule has 4 aliphatic rings. The number of hydrogen-bond acceptors (Lipinski definition) is 31. The third-order valence-corrected chi connectivity index (χ3v) is 20.6. The number of aliphatic carboxylic acids is 1. The van der Waals surface area contributed by atoms with Crippen LogP contribution in [-0.2, 0) is 122 Å². The molecule has 1 fully saturated rings. The Kier molecular flexibility index (Phi) is 34.9.